The van der Waals surface area contributed by atoms with Gasteiger partial charge in [-0.2, -0.15) is 4.98 Å². The van der Waals surface area contributed by atoms with Crippen molar-refractivity contribution in [1.29, 1.82) is 0 Å². The van der Waals surface area contributed by atoms with Crippen molar-refractivity contribution in [2.75, 3.05) is 0 Å². The first-order valence-corrected chi connectivity index (χ1v) is 9.85. The van der Waals surface area contributed by atoms with E-state index in [1.807, 2.05) is 68.4 Å². The Labute approximate surface area is 173 Å². The third-order valence-electron chi connectivity index (χ3n) is 4.88. The number of aromatic nitrogens is 2. The van der Waals surface area contributed by atoms with Crippen LogP contribution in [0.15, 0.2) is 77.2 Å². The minimum atomic E-state index is -0.0491. The van der Waals surface area contributed by atoms with Gasteiger partial charge in [0.2, 0.25) is 5.88 Å². The van der Waals surface area contributed by atoms with Gasteiger partial charge in [-0.3, -0.25) is 0 Å². The van der Waals surface area contributed by atoms with Crippen molar-refractivity contribution >= 4 is 21.9 Å². The van der Waals surface area contributed by atoms with E-state index in [4.69, 9.17) is 14.1 Å². The van der Waals surface area contributed by atoms with Gasteiger partial charge in [-0.15, -0.1) is 0 Å². The quantitative estimate of drug-likeness (QED) is 0.391. The average Bonchev–Trinajstić information content (AvgIpc) is 3.12. The van der Waals surface area contributed by atoms with Crippen LogP contribution in [0, 0.1) is 0 Å². The molecule has 0 aliphatic carbocycles. The summed E-state index contributed by atoms with van der Waals surface area (Å²) in [6.07, 6.45) is -0.0491. The van der Waals surface area contributed by atoms with Gasteiger partial charge in [0, 0.05) is 22.4 Å². The van der Waals surface area contributed by atoms with Gasteiger partial charge in [-0.1, -0.05) is 42.5 Å². The number of fused-ring (bicyclic) bond motifs is 3. The van der Waals surface area contributed by atoms with E-state index in [-0.39, 0.29) is 11.9 Å². The van der Waals surface area contributed by atoms with Crippen molar-refractivity contribution in [3.05, 3.63) is 72.8 Å². The van der Waals surface area contributed by atoms with Gasteiger partial charge in [0.1, 0.15) is 16.9 Å². The van der Waals surface area contributed by atoms with Crippen LogP contribution in [0.2, 0.25) is 0 Å². The second-order valence-corrected chi connectivity index (χ2v) is 7.38. The van der Waals surface area contributed by atoms with Gasteiger partial charge in [0.15, 0.2) is 5.82 Å². The van der Waals surface area contributed by atoms with Gasteiger partial charge >= 0.3 is 0 Å². The van der Waals surface area contributed by atoms with E-state index in [1.165, 1.54) is 0 Å². The fourth-order valence-electron chi connectivity index (χ4n) is 3.60. The van der Waals surface area contributed by atoms with E-state index in [1.54, 1.807) is 18.2 Å². The molecule has 0 aliphatic heterocycles. The number of phenols is 1. The molecule has 5 heteroatoms. The lowest BCUT2D eigenvalue weighted by atomic mass is 10.1. The minimum Gasteiger partial charge on any atom is -0.507 e. The number of benzene rings is 3. The summed E-state index contributed by atoms with van der Waals surface area (Å²) in [6, 6.07) is 22.8. The van der Waals surface area contributed by atoms with Crippen molar-refractivity contribution in [3.63, 3.8) is 0 Å². The second-order valence-electron chi connectivity index (χ2n) is 7.38. The molecule has 0 saturated carbocycles. The lowest BCUT2D eigenvalue weighted by molar-refractivity contribution is 0.232. The summed E-state index contributed by atoms with van der Waals surface area (Å²) in [6.45, 7) is 3.89. The Morgan fingerprint density at radius 3 is 2.40 bits per heavy atom. The van der Waals surface area contributed by atoms with Gasteiger partial charge in [-0.05, 0) is 38.1 Å². The zero-order valence-corrected chi connectivity index (χ0v) is 16.7. The van der Waals surface area contributed by atoms with Crippen LogP contribution >= 0.6 is 0 Å². The minimum absolute atomic E-state index is 0.0491. The molecular formula is C25H20N2O3. The standard InChI is InChI=1S/C25H20N2O3/c1-15(2)29-23-14-20(26-25(27-23)19-9-3-5-12-21(19)28)18-11-7-10-17-16-8-4-6-13-22(16)30-24(17)18/h3-15,28H,1-2H3. The van der Waals surface area contributed by atoms with E-state index in [0.29, 0.717) is 23.0 Å². The molecule has 148 valence electrons. The summed E-state index contributed by atoms with van der Waals surface area (Å²) >= 11 is 0. The predicted octanol–water partition coefficient (Wildman–Crippen LogP) is 6.20. The Balaban J connectivity index is 1.76. The topological polar surface area (TPSA) is 68.4 Å². The molecule has 0 amide bonds. The van der Waals surface area contributed by atoms with Crippen LogP contribution in [-0.4, -0.2) is 21.2 Å². The summed E-state index contributed by atoms with van der Waals surface area (Å²) in [5, 5.41) is 12.4. The first kappa shape index (κ1) is 18.2. The number of furan rings is 1. The summed E-state index contributed by atoms with van der Waals surface area (Å²) < 4.78 is 12.1. The van der Waals surface area contributed by atoms with Gasteiger partial charge < -0.3 is 14.3 Å². The molecule has 0 spiro atoms. The van der Waals surface area contributed by atoms with Crippen LogP contribution in [-0.2, 0) is 0 Å². The molecule has 0 fully saturated rings. The van der Waals surface area contributed by atoms with Crippen LogP contribution in [0.3, 0.4) is 0 Å². The molecule has 3 aromatic carbocycles. The molecular weight excluding hydrogens is 376 g/mol. The lowest BCUT2D eigenvalue weighted by Crippen LogP contribution is -2.08. The van der Waals surface area contributed by atoms with E-state index in [0.717, 1.165) is 27.5 Å². The maximum atomic E-state index is 10.3. The lowest BCUT2D eigenvalue weighted by Gasteiger charge is -2.12. The summed E-state index contributed by atoms with van der Waals surface area (Å²) in [5.41, 5.74) is 3.65. The zero-order chi connectivity index (χ0) is 20.7. The smallest absolute Gasteiger partial charge is 0.217 e. The Kier molecular flexibility index (Phi) is 4.36. The van der Waals surface area contributed by atoms with Crippen molar-refractivity contribution in [1.82, 2.24) is 9.97 Å². The van der Waals surface area contributed by atoms with Crippen molar-refractivity contribution in [2.24, 2.45) is 0 Å². The monoisotopic (exact) mass is 396 g/mol. The molecule has 2 aromatic heterocycles. The van der Waals surface area contributed by atoms with Crippen LogP contribution in [0.1, 0.15) is 13.8 Å². The van der Waals surface area contributed by atoms with Crippen LogP contribution < -0.4 is 4.74 Å². The molecule has 0 bridgehead atoms. The summed E-state index contributed by atoms with van der Waals surface area (Å²) in [7, 11) is 0. The molecule has 0 aliphatic rings. The SMILES string of the molecule is CC(C)Oc1cc(-c2cccc3c2oc2ccccc23)nc(-c2ccccc2O)n1. The number of hydrogen-bond donors (Lipinski definition) is 1. The summed E-state index contributed by atoms with van der Waals surface area (Å²) in [5.74, 6) is 0.961. The molecule has 0 unspecified atom stereocenters. The highest BCUT2D eigenvalue weighted by molar-refractivity contribution is 6.09. The van der Waals surface area contributed by atoms with Gasteiger partial charge in [-0.25, -0.2) is 4.98 Å². The molecule has 1 N–H and O–H groups in total. The number of aromatic hydroxyl groups is 1. The van der Waals surface area contributed by atoms with Crippen molar-refractivity contribution in [2.45, 2.75) is 20.0 Å². The van der Waals surface area contributed by atoms with E-state index < -0.39 is 0 Å². The van der Waals surface area contributed by atoms with Crippen molar-refractivity contribution < 1.29 is 14.3 Å². The molecule has 5 aromatic rings. The van der Waals surface area contributed by atoms with Crippen LogP contribution in [0.4, 0.5) is 0 Å². The molecule has 0 atom stereocenters. The number of ether oxygens (including phenoxy) is 1. The number of nitrogens with zero attached hydrogens (tertiary/aromatic N) is 2. The highest BCUT2D eigenvalue weighted by atomic mass is 16.5. The number of phenolic OH excluding ortho intramolecular Hbond substituents is 1. The normalized spacial score (nSPS) is 11.4. The Morgan fingerprint density at radius 1 is 0.833 bits per heavy atom. The molecule has 5 rings (SSSR count). The van der Waals surface area contributed by atoms with Gasteiger partial charge in [0.05, 0.1) is 17.4 Å². The molecule has 5 nitrogen and oxygen atoms in total. The first-order chi connectivity index (χ1) is 14.6. The average molecular weight is 396 g/mol. The van der Waals surface area contributed by atoms with Crippen LogP contribution in [0.5, 0.6) is 11.6 Å². The van der Waals surface area contributed by atoms with E-state index in [2.05, 4.69) is 4.98 Å². The highest BCUT2D eigenvalue weighted by Gasteiger charge is 2.17. The number of para-hydroxylation sites is 3. The zero-order valence-electron chi connectivity index (χ0n) is 16.7. The molecule has 0 saturated heterocycles. The third kappa shape index (κ3) is 3.14. The molecule has 0 radical (unpaired) electrons. The predicted molar refractivity (Wildman–Crippen MR) is 118 cm³/mol. The van der Waals surface area contributed by atoms with E-state index in [9.17, 15) is 5.11 Å². The third-order valence-corrected chi connectivity index (χ3v) is 4.88. The van der Waals surface area contributed by atoms with Crippen molar-refractivity contribution in [3.8, 4) is 34.3 Å². The van der Waals surface area contributed by atoms with E-state index >= 15 is 0 Å². The van der Waals surface area contributed by atoms with Crippen LogP contribution in [0.25, 0.3) is 44.6 Å². The van der Waals surface area contributed by atoms with Gasteiger partial charge in [0.25, 0.3) is 0 Å². The fourth-order valence-corrected chi connectivity index (χ4v) is 3.60. The number of hydrogen-bond acceptors (Lipinski definition) is 5. The Morgan fingerprint density at radius 2 is 1.57 bits per heavy atom. The molecule has 30 heavy (non-hydrogen) atoms. The second kappa shape index (κ2) is 7.19. The number of rotatable bonds is 4. The fraction of sp³-hybridized carbons (Fsp3) is 0.120. The largest absolute Gasteiger partial charge is 0.507 e. The Hall–Kier alpha value is -3.86. The highest BCUT2D eigenvalue weighted by Crippen LogP contribution is 2.37. The first-order valence-electron chi connectivity index (χ1n) is 9.85. The maximum absolute atomic E-state index is 10.3. The maximum Gasteiger partial charge on any atom is 0.217 e. The summed E-state index contributed by atoms with van der Waals surface area (Å²) in [4.78, 5) is 9.28. The molecule has 2 heterocycles. The Bertz CT molecular complexity index is 1370.